The van der Waals surface area contributed by atoms with Crippen LogP contribution in [-0.2, 0) is 0 Å². The molecule has 0 saturated heterocycles. The molecule has 0 aliphatic heterocycles. The van der Waals surface area contributed by atoms with Crippen LogP contribution in [0.15, 0.2) is 30.6 Å². The third-order valence-electron chi connectivity index (χ3n) is 3.52. The summed E-state index contributed by atoms with van der Waals surface area (Å²) in [6.45, 7) is 3.78. The van der Waals surface area contributed by atoms with Crippen molar-refractivity contribution in [2.45, 2.75) is 26.3 Å². The predicted octanol–water partition coefficient (Wildman–Crippen LogP) is 3.49. The highest BCUT2D eigenvalue weighted by Crippen LogP contribution is 2.22. The van der Waals surface area contributed by atoms with Gasteiger partial charge in [0.05, 0.1) is 24.1 Å². The van der Waals surface area contributed by atoms with Crippen molar-refractivity contribution in [3.05, 3.63) is 53.6 Å². The minimum Gasteiger partial charge on any atom is -0.346 e. The minimum atomic E-state index is -0.598. The van der Waals surface area contributed by atoms with E-state index in [1.165, 1.54) is 6.07 Å². The van der Waals surface area contributed by atoms with Crippen LogP contribution in [-0.4, -0.2) is 25.1 Å². The highest BCUT2D eigenvalue weighted by Gasteiger charge is 2.14. The summed E-state index contributed by atoms with van der Waals surface area (Å²) in [4.78, 5) is 12.2. The molecular weight excluding hydrogens is 328 g/mol. The number of aromatic amines is 1. The van der Waals surface area contributed by atoms with Gasteiger partial charge < -0.3 is 10.6 Å². The van der Waals surface area contributed by atoms with Crippen LogP contribution < -0.4 is 10.6 Å². The SMILES string of the molecule is CC[C@H](Nc1ncc(F)c(Nc2cc(C)[nH]n2)n1)c1ccc(F)cn1. The van der Waals surface area contributed by atoms with Crippen molar-refractivity contribution in [1.82, 2.24) is 25.1 Å². The van der Waals surface area contributed by atoms with Gasteiger partial charge in [-0.3, -0.25) is 10.1 Å². The molecule has 25 heavy (non-hydrogen) atoms. The molecule has 0 aliphatic rings. The third-order valence-corrected chi connectivity index (χ3v) is 3.52. The molecule has 0 fully saturated rings. The van der Waals surface area contributed by atoms with E-state index in [0.717, 1.165) is 18.1 Å². The summed E-state index contributed by atoms with van der Waals surface area (Å²) < 4.78 is 27.0. The Kier molecular flexibility index (Phi) is 4.82. The summed E-state index contributed by atoms with van der Waals surface area (Å²) in [5.41, 5.74) is 1.48. The maximum Gasteiger partial charge on any atom is 0.225 e. The average molecular weight is 345 g/mol. The molecule has 3 N–H and O–H groups in total. The molecule has 1 atom stereocenters. The second kappa shape index (κ2) is 7.20. The monoisotopic (exact) mass is 345 g/mol. The zero-order valence-electron chi connectivity index (χ0n) is 13.7. The van der Waals surface area contributed by atoms with Gasteiger partial charge in [0, 0.05) is 11.8 Å². The van der Waals surface area contributed by atoms with Gasteiger partial charge in [0.2, 0.25) is 5.95 Å². The van der Waals surface area contributed by atoms with Crippen molar-refractivity contribution >= 4 is 17.6 Å². The average Bonchev–Trinajstić information content (AvgIpc) is 3.01. The van der Waals surface area contributed by atoms with Gasteiger partial charge in [-0.25, -0.2) is 13.8 Å². The molecule has 3 aromatic heterocycles. The van der Waals surface area contributed by atoms with Crippen molar-refractivity contribution in [2.75, 3.05) is 10.6 Å². The first-order valence-electron chi connectivity index (χ1n) is 7.74. The number of anilines is 3. The number of H-pyrrole nitrogens is 1. The Morgan fingerprint density at radius 1 is 1.20 bits per heavy atom. The highest BCUT2D eigenvalue weighted by atomic mass is 19.1. The number of pyridine rings is 1. The predicted molar refractivity (Wildman–Crippen MR) is 89.4 cm³/mol. The van der Waals surface area contributed by atoms with Crippen molar-refractivity contribution in [2.24, 2.45) is 0 Å². The van der Waals surface area contributed by atoms with E-state index in [-0.39, 0.29) is 17.8 Å². The van der Waals surface area contributed by atoms with Gasteiger partial charge in [-0.05, 0) is 25.5 Å². The van der Waals surface area contributed by atoms with E-state index in [4.69, 9.17) is 0 Å². The van der Waals surface area contributed by atoms with E-state index in [2.05, 4.69) is 35.8 Å². The van der Waals surface area contributed by atoms with E-state index < -0.39 is 11.6 Å². The molecule has 9 heteroatoms. The summed E-state index contributed by atoms with van der Waals surface area (Å²) in [5.74, 6) is -0.315. The van der Waals surface area contributed by atoms with E-state index in [1.807, 2.05) is 13.8 Å². The van der Waals surface area contributed by atoms with Crippen LogP contribution in [0.5, 0.6) is 0 Å². The van der Waals surface area contributed by atoms with E-state index in [1.54, 1.807) is 12.1 Å². The van der Waals surface area contributed by atoms with Gasteiger partial charge in [0.25, 0.3) is 0 Å². The molecule has 0 radical (unpaired) electrons. The number of rotatable bonds is 6. The molecule has 7 nitrogen and oxygen atoms in total. The number of hydrogen-bond acceptors (Lipinski definition) is 6. The normalized spacial score (nSPS) is 12.0. The largest absolute Gasteiger partial charge is 0.346 e. The maximum atomic E-state index is 13.9. The Bertz CT molecular complexity index is 848. The van der Waals surface area contributed by atoms with Gasteiger partial charge in [-0.2, -0.15) is 10.1 Å². The lowest BCUT2D eigenvalue weighted by Gasteiger charge is -2.17. The number of hydrogen-bond donors (Lipinski definition) is 3. The molecule has 0 aromatic carbocycles. The Morgan fingerprint density at radius 3 is 2.68 bits per heavy atom. The summed E-state index contributed by atoms with van der Waals surface area (Å²) in [7, 11) is 0. The Balaban J connectivity index is 1.79. The molecule has 0 unspecified atom stereocenters. The summed E-state index contributed by atoms with van der Waals surface area (Å²) >= 11 is 0. The Morgan fingerprint density at radius 2 is 2.04 bits per heavy atom. The first-order valence-corrected chi connectivity index (χ1v) is 7.74. The van der Waals surface area contributed by atoms with Crippen LogP contribution in [0.25, 0.3) is 0 Å². The van der Waals surface area contributed by atoms with E-state index >= 15 is 0 Å². The van der Waals surface area contributed by atoms with Crippen LogP contribution >= 0.6 is 0 Å². The van der Waals surface area contributed by atoms with Crippen LogP contribution in [0.2, 0.25) is 0 Å². The van der Waals surface area contributed by atoms with Crippen molar-refractivity contribution in [3.8, 4) is 0 Å². The number of aryl methyl sites for hydroxylation is 1. The first kappa shape index (κ1) is 16.7. The Hall–Kier alpha value is -3.10. The van der Waals surface area contributed by atoms with Crippen molar-refractivity contribution in [3.63, 3.8) is 0 Å². The number of halogens is 2. The molecule has 0 spiro atoms. The minimum absolute atomic E-state index is 0.00548. The molecule has 0 saturated carbocycles. The summed E-state index contributed by atoms with van der Waals surface area (Å²) in [5, 5.41) is 12.6. The van der Waals surface area contributed by atoms with Gasteiger partial charge in [-0.1, -0.05) is 6.92 Å². The molecule has 0 amide bonds. The highest BCUT2D eigenvalue weighted by molar-refractivity contribution is 5.53. The van der Waals surface area contributed by atoms with E-state index in [0.29, 0.717) is 17.9 Å². The second-order valence-corrected chi connectivity index (χ2v) is 5.46. The fourth-order valence-electron chi connectivity index (χ4n) is 2.26. The van der Waals surface area contributed by atoms with Crippen molar-refractivity contribution in [1.29, 1.82) is 0 Å². The zero-order valence-corrected chi connectivity index (χ0v) is 13.7. The van der Waals surface area contributed by atoms with Gasteiger partial charge in [-0.15, -0.1) is 0 Å². The summed E-state index contributed by atoms with van der Waals surface area (Å²) in [6.07, 6.45) is 2.89. The molecule has 0 aliphatic carbocycles. The van der Waals surface area contributed by atoms with Crippen LogP contribution in [0, 0.1) is 18.6 Å². The summed E-state index contributed by atoms with van der Waals surface area (Å²) in [6, 6.07) is 4.43. The lowest BCUT2D eigenvalue weighted by Crippen LogP contribution is -2.14. The molecule has 3 heterocycles. The number of nitrogens with zero attached hydrogens (tertiary/aromatic N) is 4. The van der Waals surface area contributed by atoms with Gasteiger partial charge >= 0.3 is 0 Å². The number of aromatic nitrogens is 5. The fraction of sp³-hybridized carbons (Fsp3) is 0.250. The second-order valence-electron chi connectivity index (χ2n) is 5.46. The topological polar surface area (TPSA) is 91.4 Å². The third kappa shape index (κ3) is 4.06. The molecule has 3 rings (SSSR count). The maximum absolute atomic E-state index is 13.9. The zero-order chi connectivity index (χ0) is 17.8. The molecule has 3 aromatic rings. The molecular formula is C16H17F2N7. The molecule has 130 valence electrons. The van der Waals surface area contributed by atoms with Crippen LogP contribution in [0.4, 0.5) is 26.4 Å². The van der Waals surface area contributed by atoms with Crippen LogP contribution in [0.1, 0.15) is 30.8 Å². The van der Waals surface area contributed by atoms with Gasteiger partial charge in [0.15, 0.2) is 17.5 Å². The van der Waals surface area contributed by atoms with Crippen molar-refractivity contribution < 1.29 is 8.78 Å². The standard InChI is InChI=1S/C16H17F2N7/c1-3-12(13-5-4-10(17)7-19-13)21-16-20-8-11(18)15(23-16)22-14-6-9(2)24-25-14/h4-8,12H,3H2,1-2H3,(H3,20,21,22,23,24,25)/t12-/m0/s1. The van der Waals surface area contributed by atoms with Crippen LogP contribution in [0.3, 0.4) is 0 Å². The number of nitrogens with one attached hydrogen (secondary N) is 3. The lowest BCUT2D eigenvalue weighted by atomic mass is 10.1. The quantitative estimate of drug-likeness (QED) is 0.633. The van der Waals surface area contributed by atoms with Gasteiger partial charge in [0.1, 0.15) is 5.82 Å². The lowest BCUT2D eigenvalue weighted by molar-refractivity contribution is 0.611. The first-order chi connectivity index (χ1) is 12.0. The van der Waals surface area contributed by atoms with E-state index in [9.17, 15) is 8.78 Å². The Labute approximate surface area is 142 Å². The molecule has 0 bridgehead atoms. The smallest absolute Gasteiger partial charge is 0.225 e. The fourth-order valence-corrected chi connectivity index (χ4v) is 2.26.